The molecule has 0 aliphatic carbocycles. The molecule has 14 heavy (non-hydrogen) atoms. The van der Waals surface area contributed by atoms with Crippen LogP contribution in [0, 0.1) is 6.92 Å². The Morgan fingerprint density at radius 1 is 1.14 bits per heavy atom. The molecule has 76 valence electrons. The lowest BCUT2D eigenvalue weighted by Gasteiger charge is -2.21. The van der Waals surface area contributed by atoms with Crippen molar-refractivity contribution in [3.8, 4) is 0 Å². The van der Waals surface area contributed by atoms with Gasteiger partial charge in [-0.25, -0.2) is 0 Å². The number of aryl methyl sites for hydroxylation is 1. The molecule has 0 spiro atoms. The molecule has 0 radical (unpaired) electrons. The van der Waals surface area contributed by atoms with E-state index in [0.29, 0.717) is 0 Å². The van der Waals surface area contributed by atoms with Crippen molar-refractivity contribution in [1.82, 2.24) is 0 Å². The Labute approximate surface area is 84.9 Å². The molecule has 3 heteroatoms. The van der Waals surface area contributed by atoms with Gasteiger partial charge in [0.15, 0.2) is 0 Å². The molecule has 1 aromatic carbocycles. The average molecular weight is 192 g/mol. The van der Waals surface area contributed by atoms with Crippen LogP contribution in [-0.2, 0) is 4.79 Å². The minimum atomic E-state index is 0.817. The van der Waals surface area contributed by atoms with Crippen molar-refractivity contribution in [2.75, 3.05) is 30.9 Å². The first-order chi connectivity index (χ1) is 6.56. The van der Waals surface area contributed by atoms with E-state index in [1.165, 1.54) is 5.56 Å². The first kappa shape index (κ1) is 10.6. The highest BCUT2D eigenvalue weighted by Crippen LogP contribution is 2.27. The summed E-state index contributed by atoms with van der Waals surface area (Å²) >= 11 is 0. The van der Waals surface area contributed by atoms with Crippen LogP contribution in [0.4, 0.5) is 11.4 Å². The number of amides is 1. The maximum Gasteiger partial charge on any atom is 0.213 e. The van der Waals surface area contributed by atoms with Crippen LogP contribution in [-0.4, -0.2) is 27.6 Å². The lowest BCUT2D eigenvalue weighted by molar-refractivity contribution is -0.107. The fraction of sp³-hybridized carbons (Fsp3) is 0.364. The molecule has 1 rings (SSSR count). The molecular formula is C11H16N2O. The zero-order valence-corrected chi connectivity index (χ0v) is 9.11. The highest BCUT2D eigenvalue weighted by Gasteiger charge is 2.07. The van der Waals surface area contributed by atoms with Gasteiger partial charge in [0.1, 0.15) is 0 Å². The molecule has 0 saturated heterocycles. The molecule has 1 amide bonds. The zero-order chi connectivity index (χ0) is 10.7. The van der Waals surface area contributed by atoms with E-state index in [4.69, 9.17) is 0 Å². The third kappa shape index (κ3) is 2.05. The molecule has 3 nitrogen and oxygen atoms in total. The van der Waals surface area contributed by atoms with Crippen molar-refractivity contribution in [3.63, 3.8) is 0 Å². The number of benzene rings is 1. The van der Waals surface area contributed by atoms with Crippen molar-refractivity contribution in [1.29, 1.82) is 0 Å². The van der Waals surface area contributed by atoms with Crippen LogP contribution in [0.25, 0.3) is 0 Å². The Balaban J connectivity index is 3.21. The lowest BCUT2D eigenvalue weighted by Crippen LogP contribution is -2.19. The molecule has 0 aromatic heterocycles. The smallest absolute Gasteiger partial charge is 0.213 e. The Bertz CT molecular complexity index is 334. The van der Waals surface area contributed by atoms with Gasteiger partial charge < -0.3 is 9.80 Å². The molecule has 0 aliphatic heterocycles. The van der Waals surface area contributed by atoms with Gasteiger partial charge in [0.25, 0.3) is 0 Å². The summed E-state index contributed by atoms with van der Waals surface area (Å²) in [5.41, 5.74) is 3.17. The Kier molecular flexibility index (Phi) is 3.12. The molecule has 0 fully saturated rings. The van der Waals surface area contributed by atoms with Gasteiger partial charge in [-0.3, -0.25) is 4.79 Å². The number of anilines is 2. The highest BCUT2D eigenvalue weighted by atomic mass is 16.1. The summed E-state index contributed by atoms with van der Waals surface area (Å²) in [6.07, 6.45) is 0.817. The Morgan fingerprint density at radius 3 is 2.29 bits per heavy atom. The maximum absolute atomic E-state index is 10.7. The number of hydrogen-bond acceptors (Lipinski definition) is 2. The van der Waals surface area contributed by atoms with Crippen LogP contribution in [0.3, 0.4) is 0 Å². The van der Waals surface area contributed by atoms with E-state index in [1.54, 1.807) is 11.9 Å². The van der Waals surface area contributed by atoms with E-state index in [9.17, 15) is 4.79 Å². The van der Waals surface area contributed by atoms with Crippen LogP contribution < -0.4 is 9.80 Å². The second-order valence-corrected chi connectivity index (χ2v) is 3.60. The fourth-order valence-corrected chi connectivity index (χ4v) is 1.35. The largest absolute Gasteiger partial charge is 0.376 e. The topological polar surface area (TPSA) is 23.6 Å². The number of nitrogens with zero attached hydrogens (tertiary/aromatic N) is 2. The SMILES string of the molecule is Cc1ccc(N(C)C=O)c(N(C)C)c1. The third-order valence-electron chi connectivity index (χ3n) is 2.15. The standard InChI is InChI=1S/C11H16N2O/c1-9-5-6-10(13(4)8-14)11(7-9)12(2)3/h5-8H,1-4H3. The van der Waals surface area contributed by atoms with E-state index < -0.39 is 0 Å². The summed E-state index contributed by atoms with van der Waals surface area (Å²) in [4.78, 5) is 14.3. The first-order valence-electron chi connectivity index (χ1n) is 4.52. The van der Waals surface area contributed by atoms with Gasteiger partial charge in [0, 0.05) is 21.1 Å². The Hall–Kier alpha value is -1.51. The fourth-order valence-electron chi connectivity index (χ4n) is 1.35. The summed E-state index contributed by atoms with van der Waals surface area (Å²) in [7, 11) is 5.69. The molecule has 0 N–H and O–H groups in total. The van der Waals surface area contributed by atoms with Gasteiger partial charge in [0.2, 0.25) is 6.41 Å². The molecule has 0 saturated carbocycles. The second-order valence-electron chi connectivity index (χ2n) is 3.60. The van der Waals surface area contributed by atoms with Crippen molar-refractivity contribution in [3.05, 3.63) is 23.8 Å². The zero-order valence-electron chi connectivity index (χ0n) is 9.11. The molecule has 0 aliphatic rings. The van der Waals surface area contributed by atoms with Gasteiger partial charge in [0.05, 0.1) is 11.4 Å². The van der Waals surface area contributed by atoms with Crippen molar-refractivity contribution >= 4 is 17.8 Å². The summed E-state index contributed by atoms with van der Waals surface area (Å²) in [5.74, 6) is 0. The van der Waals surface area contributed by atoms with Gasteiger partial charge in [-0.1, -0.05) is 6.07 Å². The van der Waals surface area contributed by atoms with Crippen molar-refractivity contribution in [2.45, 2.75) is 6.92 Å². The van der Waals surface area contributed by atoms with E-state index in [0.717, 1.165) is 17.8 Å². The number of carbonyl (C=O) groups excluding carboxylic acids is 1. The van der Waals surface area contributed by atoms with Crippen molar-refractivity contribution < 1.29 is 4.79 Å². The average Bonchev–Trinajstić information content (AvgIpc) is 2.16. The van der Waals surface area contributed by atoms with Gasteiger partial charge >= 0.3 is 0 Å². The summed E-state index contributed by atoms with van der Waals surface area (Å²) < 4.78 is 0. The van der Waals surface area contributed by atoms with E-state index in [2.05, 4.69) is 6.07 Å². The summed E-state index contributed by atoms with van der Waals surface area (Å²) in [5, 5.41) is 0. The first-order valence-corrected chi connectivity index (χ1v) is 4.52. The number of carbonyl (C=O) groups is 1. The minimum Gasteiger partial charge on any atom is -0.376 e. The van der Waals surface area contributed by atoms with E-state index in [1.807, 2.05) is 38.1 Å². The predicted octanol–water partition coefficient (Wildman–Crippen LogP) is 1.65. The number of rotatable bonds is 3. The molecule has 0 unspecified atom stereocenters. The Morgan fingerprint density at radius 2 is 1.79 bits per heavy atom. The molecule has 0 atom stereocenters. The van der Waals surface area contributed by atoms with Gasteiger partial charge in [-0.15, -0.1) is 0 Å². The van der Waals surface area contributed by atoms with Gasteiger partial charge in [-0.05, 0) is 24.6 Å². The monoisotopic (exact) mass is 192 g/mol. The molecular weight excluding hydrogens is 176 g/mol. The molecule has 0 bridgehead atoms. The predicted molar refractivity (Wildman–Crippen MR) is 60.0 cm³/mol. The van der Waals surface area contributed by atoms with Crippen LogP contribution in [0.5, 0.6) is 0 Å². The van der Waals surface area contributed by atoms with Gasteiger partial charge in [-0.2, -0.15) is 0 Å². The molecule has 0 heterocycles. The normalized spacial score (nSPS) is 9.71. The third-order valence-corrected chi connectivity index (χ3v) is 2.15. The van der Waals surface area contributed by atoms with E-state index in [-0.39, 0.29) is 0 Å². The van der Waals surface area contributed by atoms with Crippen LogP contribution >= 0.6 is 0 Å². The van der Waals surface area contributed by atoms with Crippen LogP contribution in [0.15, 0.2) is 18.2 Å². The maximum atomic E-state index is 10.7. The summed E-state index contributed by atoms with van der Waals surface area (Å²) in [6, 6.07) is 6.02. The quantitative estimate of drug-likeness (QED) is 0.680. The minimum absolute atomic E-state index is 0.817. The van der Waals surface area contributed by atoms with Crippen LogP contribution in [0.2, 0.25) is 0 Å². The molecule has 1 aromatic rings. The second kappa shape index (κ2) is 4.13. The number of hydrogen-bond donors (Lipinski definition) is 0. The van der Waals surface area contributed by atoms with Crippen LogP contribution in [0.1, 0.15) is 5.56 Å². The lowest BCUT2D eigenvalue weighted by atomic mass is 10.1. The highest BCUT2D eigenvalue weighted by molar-refractivity contribution is 5.83. The van der Waals surface area contributed by atoms with Crippen molar-refractivity contribution in [2.24, 2.45) is 0 Å². The van der Waals surface area contributed by atoms with E-state index >= 15 is 0 Å². The summed E-state index contributed by atoms with van der Waals surface area (Å²) in [6.45, 7) is 2.04.